The van der Waals surface area contributed by atoms with E-state index < -0.39 is 11.4 Å². The van der Waals surface area contributed by atoms with Gasteiger partial charge in [0.25, 0.3) is 0 Å². The van der Waals surface area contributed by atoms with Gasteiger partial charge in [0.15, 0.2) is 0 Å². The van der Waals surface area contributed by atoms with Gasteiger partial charge in [-0.2, -0.15) is 0 Å². The molecule has 5 heteroatoms. The lowest BCUT2D eigenvalue weighted by Crippen LogP contribution is -2.47. The first-order valence-corrected chi connectivity index (χ1v) is 6.76. The molecule has 20 heavy (non-hydrogen) atoms. The van der Waals surface area contributed by atoms with Crippen LogP contribution in [0, 0.1) is 11.2 Å². The summed E-state index contributed by atoms with van der Waals surface area (Å²) in [5.74, 6) is -1.30. The molecular formula is C15H18FNO3. The normalized spacial score (nSPS) is 16.2. The lowest BCUT2D eigenvalue weighted by atomic mass is 9.69. The summed E-state index contributed by atoms with van der Waals surface area (Å²) < 4.78 is 12.7. The lowest BCUT2D eigenvalue weighted by molar-refractivity contribution is -0.154. The predicted octanol–water partition coefficient (Wildman–Crippen LogP) is 2.13. The van der Waals surface area contributed by atoms with Crippen LogP contribution in [0.5, 0.6) is 0 Å². The van der Waals surface area contributed by atoms with Crippen LogP contribution >= 0.6 is 0 Å². The Morgan fingerprint density at radius 2 is 1.90 bits per heavy atom. The van der Waals surface area contributed by atoms with E-state index in [1.54, 1.807) is 12.1 Å². The fraction of sp³-hybridized carbons (Fsp3) is 0.467. The maximum absolute atomic E-state index is 12.7. The Bertz CT molecular complexity index is 494. The van der Waals surface area contributed by atoms with Gasteiger partial charge in [-0.25, -0.2) is 4.39 Å². The van der Waals surface area contributed by atoms with Gasteiger partial charge >= 0.3 is 5.97 Å². The summed E-state index contributed by atoms with van der Waals surface area (Å²) in [7, 11) is 0. The van der Waals surface area contributed by atoms with Gasteiger partial charge in [-0.05, 0) is 37.0 Å². The standard InChI is InChI=1S/C15H18FNO3/c16-12-5-2-11(3-6-12)4-7-13(18)17-10-15(14(19)20)8-1-9-15/h2-3,5-6H,1,4,7-10H2,(H,17,18)(H,19,20). The molecule has 0 heterocycles. The molecule has 1 aromatic rings. The molecule has 2 N–H and O–H groups in total. The summed E-state index contributed by atoms with van der Waals surface area (Å²) in [5.41, 5.74) is 0.129. The summed E-state index contributed by atoms with van der Waals surface area (Å²) in [5, 5.41) is 11.8. The second-order valence-electron chi connectivity index (χ2n) is 5.34. The van der Waals surface area contributed by atoms with Crippen LogP contribution in [-0.4, -0.2) is 23.5 Å². The fourth-order valence-corrected chi connectivity index (χ4v) is 2.33. The van der Waals surface area contributed by atoms with Crippen molar-refractivity contribution in [3.8, 4) is 0 Å². The van der Waals surface area contributed by atoms with Crippen molar-refractivity contribution in [3.05, 3.63) is 35.6 Å². The average molecular weight is 279 g/mol. The second-order valence-corrected chi connectivity index (χ2v) is 5.34. The Labute approximate surface area is 117 Å². The molecule has 0 unspecified atom stereocenters. The third-order valence-corrected chi connectivity index (χ3v) is 3.94. The summed E-state index contributed by atoms with van der Waals surface area (Å²) in [6, 6.07) is 6.02. The molecule has 1 saturated carbocycles. The number of halogens is 1. The van der Waals surface area contributed by atoms with Gasteiger partial charge in [-0.15, -0.1) is 0 Å². The van der Waals surface area contributed by atoms with E-state index in [-0.39, 0.29) is 24.7 Å². The molecule has 2 rings (SSSR count). The van der Waals surface area contributed by atoms with Gasteiger partial charge in [-0.1, -0.05) is 18.6 Å². The van der Waals surface area contributed by atoms with E-state index in [0.717, 1.165) is 12.0 Å². The molecule has 4 nitrogen and oxygen atoms in total. The number of carboxylic acid groups (broad SMARTS) is 1. The van der Waals surface area contributed by atoms with Crippen LogP contribution in [0.4, 0.5) is 4.39 Å². The van der Waals surface area contributed by atoms with Crippen LogP contribution in [0.25, 0.3) is 0 Å². The van der Waals surface area contributed by atoms with Crippen LogP contribution in [0.15, 0.2) is 24.3 Å². The van der Waals surface area contributed by atoms with E-state index in [4.69, 9.17) is 5.11 Å². The van der Waals surface area contributed by atoms with E-state index >= 15 is 0 Å². The van der Waals surface area contributed by atoms with Crippen molar-refractivity contribution in [1.82, 2.24) is 5.32 Å². The Hall–Kier alpha value is -1.91. The van der Waals surface area contributed by atoms with Gasteiger partial charge in [0, 0.05) is 13.0 Å². The number of benzene rings is 1. The van der Waals surface area contributed by atoms with Gasteiger partial charge < -0.3 is 10.4 Å². The van der Waals surface area contributed by atoms with Gasteiger partial charge in [0.1, 0.15) is 5.82 Å². The molecule has 0 saturated heterocycles. The summed E-state index contributed by atoms with van der Waals surface area (Å²) in [4.78, 5) is 22.9. The minimum atomic E-state index is -0.831. The highest BCUT2D eigenvalue weighted by Crippen LogP contribution is 2.40. The van der Waals surface area contributed by atoms with Crippen LogP contribution < -0.4 is 5.32 Å². The molecule has 1 amide bonds. The zero-order valence-electron chi connectivity index (χ0n) is 11.2. The smallest absolute Gasteiger partial charge is 0.311 e. The topological polar surface area (TPSA) is 66.4 Å². The monoisotopic (exact) mass is 279 g/mol. The van der Waals surface area contributed by atoms with Crippen LogP contribution in [0.2, 0.25) is 0 Å². The molecule has 1 aliphatic rings. The molecule has 0 bridgehead atoms. The number of carbonyl (C=O) groups is 2. The summed E-state index contributed by atoms with van der Waals surface area (Å²) in [6.07, 6.45) is 2.95. The number of rotatable bonds is 6. The SMILES string of the molecule is O=C(CCc1ccc(F)cc1)NCC1(C(=O)O)CCC1. The van der Waals surface area contributed by atoms with E-state index in [0.29, 0.717) is 19.3 Å². The summed E-state index contributed by atoms with van der Waals surface area (Å²) >= 11 is 0. The van der Waals surface area contributed by atoms with E-state index in [1.165, 1.54) is 12.1 Å². The Kier molecular flexibility index (Phi) is 4.37. The molecule has 0 aromatic heterocycles. The quantitative estimate of drug-likeness (QED) is 0.838. The highest BCUT2D eigenvalue weighted by molar-refractivity contribution is 5.79. The maximum Gasteiger partial charge on any atom is 0.311 e. The fourth-order valence-electron chi connectivity index (χ4n) is 2.33. The zero-order valence-corrected chi connectivity index (χ0v) is 11.2. The number of hydrogen-bond donors (Lipinski definition) is 2. The van der Waals surface area contributed by atoms with E-state index in [1.807, 2.05) is 0 Å². The van der Waals surface area contributed by atoms with Crippen LogP contribution in [0.3, 0.4) is 0 Å². The first-order valence-electron chi connectivity index (χ1n) is 6.76. The van der Waals surface area contributed by atoms with Crippen molar-refractivity contribution < 1.29 is 19.1 Å². The predicted molar refractivity (Wildman–Crippen MR) is 71.7 cm³/mol. The minimum Gasteiger partial charge on any atom is -0.481 e. The van der Waals surface area contributed by atoms with Crippen LogP contribution in [-0.2, 0) is 16.0 Å². The molecule has 1 aromatic carbocycles. The van der Waals surface area contributed by atoms with Crippen molar-refractivity contribution in [3.63, 3.8) is 0 Å². The lowest BCUT2D eigenvalue weighted by Gasteiger charge is -2.37. The third-order valence-electron chi connectivity index (χ3n) is 3.94. The first kappa shape index (κ1) is 14.5. The number of nitrogens with one attached hydrogen (secondary N) is 1. The average Bonchev–Trinajstić information content (AvgIpc) is 2.36. The second kappa shape index (κ2) is 6.03. The Balaban J connectivity index is 1.75. The number of carboxylic acids is 1. The largest absolute Gasteiger partial charge is 0.481 e. The molecule has 1 aliphatic carbocycles. The highest BCUT2D eigenvalue weighted by atomic mass is 19.1. The van der Waals surface area contributed by atoms with Crippen molar-refractivity contribution in [2.45, 2.75) is 32.1 Å². The van der Waals surface area contributed by atoms with Crippen molar-refractivity contribution >= 4 is 11.9 Å². The molecule has 0 radical (unpaired) electrons. The Morgan fingerprint density at radius 1 is 1.25 bits per heavy atom. The molecule has 0 aliphatic heterocycles. The summed E-state index contributed by atoms with van der Waals surface area (Å²) in [6.45, 7) is 0.199. The van der Waals surface area contributed by atoms with Crippen LogP contribution in [0.1, 0.15) is 31.2 Å². The van der Waals surface area contributed by atoms with E-state index in [2.05, 4.69) is 5.32 Å². The number of amides is 1. The number of hydrogen-bond acceptors (Lipinski definition) is 2. The molecule has 108 valence electrons. The number of carbonyl (C=O) groups excluding carboxylic acids is 1. The molecule has 0 atom stereocenters. The van der Waals surface area contributed by atoms with Gasteiger partial charge in [-0.3, -0.25) is 9.59 Å². The van der Waals surface area contributed by atoms with Gasteiger partial charge in [0.05, 0.1) is 5.41 Å². The van der Waals surface area contributed by atoms with Crippen molar-refractivity contribution in [1.29, 1.82) is 0 Å². The zero-order chi connectivity index (χ0) is 14.6. The number of aliphatic carboxylic acids is 1. The van der Waals surface area contributed by atoms with Crippen molar-refractivity contribution in [2.75, 3.05) is 6.54 Å². The Morgan fingerprint density at radius 3 is 2.40 bits per heavy atom. The highest BCUT2D eigenvalue weighted by Gasteiger charge is 2.44. The number of aryl methyl sites for hydroxylation is 1. The van der Waals surface area contributed by atoms with Gasteiger partial charge in [0.2, 0.25) is 5.91 Å². The maximum atomic E-state index is 12.7. The van der Waals surface area contributed by atoms with Crippen molar-refractivity contribution in [2.24, 2.45) is 5.41 Å². The molecule has 1 fully saturated rings. The van der Waals surface area contributed by atoms with E-state index in [9.17, 15) is 14.0 Å². The molecule has 0 spiro atoms. The minimum absolute atomic E-state index is 0.165. The molecular weight excluding hydrogens is 261 g/mol. The third kappa shape index (κ3) is 3.35. The first-order chi connectivity index (χ1) is 9.52.